The second kappa shape index (κ2) is 11.2. The van der Waals surface area contributed by atoms with Crippen molar-refractivity contribution in [2.75, 3.05) is 6.61 Å². The van der Waals surface area contributed by atoms with Crippen molar-refractivity contribution >= 4 is 0 Å². The molecule has 0 aliphatic carbocycles. The monoisotopic (exact) mass is 439 g/mol. The van der Waals surface area contributed by atoms with Crippen LogP contribution in [-0.2, 0) is 19.4 Å². The van der Waals surface area contributed by atoms with Gasteiger partial charge in [-0.1, -0.05) is 66.7 Å². The second-order valence-corrected chi connectivity index (χ2v) is 7.80. The number of hydrogen-bond acceptors (Lipinski definition) is 4. The van der Waals surface area contributed by atoms with Gasteiger partial charge in [-0.2, -0.15) is 0 Å². The van der Waals surface area contributed by atoms with Crippen LogP contribution in [0.25, 0.3) is 11.5 Å². The van der Waals surface area contributed by atoms with Crippen LogP contribution in [0.2, 0.25) is 0 Å². The summed E-state index contributed by atoms with van der Waals surface area (Å²) in [5, 5.41) is 0. The van der Waals surface area contributed by atoms with E-state index in [-0.39, 0.29) is 0 Å². The van der Waals surface area contributed by atoms with E-state index in [1.54, 1.807) is 0 Å². The number of allylic oxidation sites excluding steroid dienone is 2. The summed E-state index contributed by atoms with van der Waals surface area (Å²) in [7, 11) is 0. The fraction of sp³-hybridized carbons (Fsp3) is 0.207. The van der Waals surface area contributed by atoms with Crippen LogP contribution in [-0.4, -0.2) is 11.6 Å². The predicted octanol–water partition coefficient (Wildman–Crippen LogP) is 6.97. The first-order valence-electron chi connectivity index (χ1n) is 11.3. The molecule has 4 heteroatoms. The Morgan fingerprint density at radius 1 is 0.909 bits per heavy atom. The van der Waals surface area contributed by atoms with Crippen molar-refractivity contribution in [3.8, 4) is 23.0 Å². The molecule has 0 bridgehead atoms. The van der Waals surface area contributed by atoms with Gasteiger partial charge < -0.3 is 13.9 Å². The molecule has 33 heavy (non-hydrogen) atoms. The van der Waals surface area contributed by atoms with Gasteiger partial charge in [0.15, 0.2) is 0 Å². The smallest absolute Gasteiger partial charge is 0.226 e. The minimum absolute atomic E-state index is 0.507. The summed E-state index contributed by atoms with van der Waals surface area (Å²) in [6.07, 6.45) is 5.65. The SMILES string of the molecule is CC=CCc1ccc(OCc2ccccc2)cc1OCCc1nc(-c2ccccc2)oc1C. The lowest BCUT2D eigenvalue weighted by Crippen LogP contribution is -2.05. The van der Waals surface area contributed by atoms with Gasteiger partial charge >= 0.3 is 0 Å². The summed E-state index contributed by atoms with van der Waals surface area (Å²) in [6, 6.07) is 26.2. The van der Waals surface area contributed by atoms with Gasteiger partial charge in [-0.25, -0.2) is 4.98 Å². The maximum atomic E-state index is 6.21. The van der Waals surface area contributed by atoms with Crippen LogP contribution in [0.1, 0.15) is 29.5 Å². The van der Waals surface area contributed by atoms with Crippen molar-refractivity contribution in [2.24, 2.45) is 0 Å². The summed E-state index contributed by atoms with van der Waals surface area (Å²) < 4.78 is 18.1. The highest BCUT2D eigenvalue weighted by molar-refractivity contribution is 5.53. The van der Waals surface area contributed by atoms with Crippen LogP contribution < -0.4 is 9.47 Å². The van der Waals surface area contributed by atoms with E-state index < -0.39 is 0 Å². The summed E-state index contributed by atoms with van der Waals surface area (Å²) >= 11 is 0. The zero-order valence-electron chi connectivity index (χ0n) is 19.2. The Balaban J connectivity index is 1.43. The summed E-state index contributed by atoms with van der Waals surface area (Å²) in [4.78, 5) is 4.68. The molecular formula is C29H29NO3. The highest BCUT2D eigenvalue weighted by Crippen LogP contribution is 2.27. The molecule has 0 atom stereocenters. The van der Waals surface area contributed by atoms with Crippen molar-refractivity contribution in [1.82, 2.24) is 4.98 Å². The normalized spacial score (nSPS) is 11.1. The third kappa shape index (κ3) is 6.13. The zero-order chi connectivity index (χ0) is 22.9. The van der Waals surface area contributed by atoms with Crippen LogP contribution in [0.4, 0.5) is 0 Å². The molecule has 1 aromatic heterocycles. The average molecular weight is 440 g/mol. The molecule has 3 aromatic carbocycles. The number of benzene rings is 3. The molecular weight excluding hydrogens is 410 g/mol. The number of ether oxygens (including phenoxy) is 2. The standard InChI is InChI=1S/C29H29NO3/c1-3-4-13-24-16-17-26(32-21-23-11-7-5-8-12-23)20-28(24)31-19-18-27-22(2)33-29(30-27)25-14-9-6-10-15-25/h3-12,14-17,20H,13,18-19,21H2,1-2H3. The maximum Gasteiger partial charge on any atom is 0.226 e. The van der Waals surface area contributed by atoms with Crippen molar-refractivity contribution in [2.45, 2.75) is 33.3 Å². The Bertz CT molecular complexity index is 1180. The molecule has 4 nitrogen and oxygen atoms in total. The molecule has 0 spiro atoms. The van der Waals surface area contributed by atoms with E-state index in [0.717, 1.165) is 46.1 Å². The Morgan fingerprint density at radius 2 is 1.67 bits per heavy atom. The molecule has 168 valence electrons. The van der Waals surface area contributed by atoms with Crippen LogP contribution in [0.5, 0.6) is 11.5 Å². The first-order chi connectivity index (χ1) is 16.2. The molecule has 0 radical (unpaired) electrons. The van der Waals surface area contributed by atoms with E-state index in [9.17, 15) is 0 Å². The Hall–Kier alpha value is -3.79. The van der Waals surface area contributed by atoms with Crippen molar-refractivity contribution in [3.05, 3.63) is 114 Å². The largest absolute Gasteiger partial charge is 0.493 e. The molecule has 4 rings (SSSR count). The van der Waals surface area contributed by atoms with E-state index in [4.69, 9.17) is 13.9 Å². The highest BCUT2D eigenvalue weighted by Gasteiger charge is 2.12. The lowest BCUT2D eigenvalue weighted by molar-refractivity contribution is 0.294. The van der Waals surface area contributed by atoms with Gasteiger partial charge in [0.25, 0.3) is 0 Å². The van der Waals surface area contributed by atoms with Crippen molar-refractivity contribution < 1.29 is 13.9 Å². The number of aromatic nitrogens is 1. The van der Waals surface area contributed by atoms with Gasteiger partial charge in [0.2, 0.25) is 5.89 Å². The molecule has 0 fully saturated rings. The van der Waals surface area contributed by atoms with Gasteiger partial charge in [-0.3, -0.25) is 0 Å². The number of aryl methyl sites for hydroxylation is 1. The molecule has 0 aliphatic heterocycles. The molecule has 0 saturated heterocycles. The minimum Gasteiger partial charge on any atom is -0.493 e. The molecule has 0 aliphatic rings. The van der Waals surface area contributed by atoms with E-state index in [2.05, 4.69) is 29.3 Å². The van der Waals surface area contributed by atoms with Gasteiger partial charge in [0, 0.05) is 18.1 Å². The highest BCUT2D eigenvalue weighted by atomic mass is 16.5. The molecule has 1 heterocycles. The summed E-state index contributed by atoms with van der Waals surface area (Å²) in [5.41, 5.74) is 4.15. The number of hydrogen-bond donors (Lipinski definition) is 0. The van der Waals surface area contributed by atoms with Crippen LogP contribution in [0.3, 0.4) is 0 Å². The quantitative estimate of drug-likeness (QED) is 0.250. The first kappa shape index (κ1) is 22.4. The first-order valence-corrected chi connectivity index (χ1v) is 11.3. The summed E-state index contributed by atoms with van der Waals surface area (Å²) in [5.74, 6) is 3.10. The van der Waals surface area contributed by atoms with Crippen LogP contribution >= 0.6 is 0 Å². The van der Waals surface area contributed by atoms with Gasteiger partial charge in [0.05, 0.1) is 12.3 Å². The molecule has 0 amide bonds. The van der Waals surface area contributed by atoms with Gasteiger partial charge in [-0.15, -0.1) is 0 Å². The Kier molecular flexibility index (Phi) is 7.60. The third-order valence-electron chi connectivity index (χ3n) is 5.37. The fourth-order valence-electron chi connectivity index (χ4n) is 3.54. The van der Waals surface area contributed by atoms with E-state index >= 15 is 0 Å². The second-order valence-electron chi connectivity index (χ2n) is 7.80. The van der Waals surface area contributed by atoms with E-state index in [0.29, 0.717) is 25.5 Å². The fourth-order valence-corrected chi connectivity index (χ4v) is 3.54. The summed E-state index contributed by atoms with van der Waals surface area (Å²) in [6.45, 7) is 5.00. The van der Waals surface area contributed by atoms with Gasteiger partial charge in [0.1, 0.15) is 23.9 Å². The van der Waals surface area contributed by atoms with Crippen LogP contribution in [0.15, 0.2) is 95.4 Å². The third-order valence-corrected chi connectivity index (χ3v) is 5.37. The average Bonchev–Trinajstić information content (AvgIpc) is 3.23. The minimum atomic E-state index is 0.507. The molecule has 0 unspecified atom stereocenters. The molecule has 0 N–H and O–H groups in total. The lowest BCUT2D eigenvalue weighted by Gasteiger charge is -2.13. The predicted molar refractivity (Wildman–Crippen MR) is 132 cm³/mol. The topological polar surface area (TPSA) is 44.5 Å². The number of oxazole rings is 1. The van der Waals surface area contributed by atoms with Crippen molar-refractivity contribution in [3.63, 3.8) is 0 Å². The lowest BCUT2D eigenvalue weighted by atomic mass is 10.1. The molecule has 0 saturated carbocycles. The van der Waals surface area contributed by atoms with Crippen LogP contribution in [0, 0.1) is 6.92 Å². The zero-order valence-corrected chi connectivity index (χ0v) is 19.2. The van der Waals surface area contributed by atoms with E-state index in [1.165, 1.54) is 0 Å². The number of rotatable bonds is 10. The number of nitrogens with zero attached hydrogens (tertiary/aromatic N) is 1. The Morgan fingerprint density at radius 3 is 2.42 bits per heavy atom. The van der Waals surface area contributed by atoms with Gasteiger partial charge in [-0.05, 0) is 49.6 Å². The maximum absolute atomic E-state index is 6.21. The van der Waals surface area contributed by atoms with E-state index in [1.807, 2.05) is 80.6 Å². The molecule has 4 aromatic rings. The Labute approximate surface area is 195 Å². The van der Waals surface area contributed by atoms with Crippen molar-refractivity contribution in [1.29, 1.82) is 0 Å².